The highest BCUT2D eigenvalue weighted by atomic mass is 16.3. The van der Waals surface area contributed by atoms with Crippen LogP contribution < -0.4 is 4.90 Å². The van der Waals surface area contributed by atoms with E-state index in [-0.39, 0.29) is 0 Å². The van der Waals surface area contributed by atoms with E-state index in [0.717, 1.165) is 55.3 Å². The monoisotopic (exact) mass is 813 g/mol. The van der Waals surface area contributed by atoms with Crippen molar-refractivity contribution in [3.05, 3.63) is 237 Å². The van der Waals surface area contributed by atoms with E-state index in [1.165, 1.54) is 70.9 Å². The van der Waals surface area contributed by atoms with Crippen LogP contribution in [0.5, 0.6) is 0 Å². The van der Waals surface area contributed by atoms with Crippen LogP contribution in [0, 0.1) is 0 Å². The standard InChI is InChI=1S/C62H39NO/c1-2-14-43-36-45(25-24-40(43)12-1)48-29-28-46-37-44(26-27-47(46)38-48)41-30-32-50(33-31-41)63(59-39-49-15-4-6-18-52(49)61-57-21-9-10-23-60(57)64-62(59)61)58-35-34-55(54-19-7-8-20-56(54)58)53-22-11-16-42-13-3-5-17-51(42)53/h1-39H. The molecule has 0 unspecified atom stereocenters. The van der Waals surface area contributed by atoms with E-state index < -0.39 is 0 Å². The number of hydrogen-bond donors (Lipinski definition) is 0. The predicted molar refractivity (Wildman–Crippen MR) is 272 cm³/mol. The van der Waals surface area contributed by atoms with Crippen LogP contribution in [0.2, 0.25) is 0 Å². The summed E-state index contributed by atoms with van der Waals surface area (Å²) in [5, 5.41) is 14.4. The maximum Gasteiger partial charge on any atom is 0.160 e. The Morgan fingerprint density at radius 3 is 1.55 bits per heavy atom. The Morgan fingerprint density at radius 1 is 0.281 bits per heavy atom. The molecule has 0 spiro atoms. The zero-order valence-electron chi connectivity index (χ0n) is 34.9. The SMILES string of the molecule is c1ccc2cc(-c3ccc4cc(-c5ccc(N(c6ccc(-c7cccc8ccccc78)c7ccccc67)c6cc7ccccc7c7c6oc6ccccc67)cc5)ccc4c3)ccc2c1. The molecule has 0 aliphatic rings. The van der Waals surface area contributed by atoms with Gasteiger partial charge in [-0.1, -0.05) is 188 Å². The highest BCUT2D eigenvalue weighted by Crippen LogP contribution is 2.48. The van der Waals surface area contributed by atoms with Gasteiger partial charge < -0.3 is 9.32 Å². The van der Waals surface area contributed by atoms with E-state index in [4.69, 9.17) is 4.42 Å². The molecule has 0 saturated carbocycles. The van der Waals surface area contributed by atoms with Crippen molar-refractivity contribution in [1.82, 2.24) is 0 Å². The lowest BCUT2D eigenvalue weighted by Crippen LogP contribution is -2.11. The molecule has 0 aliphatic heterocycles. The van der Waals surface area contributed by atoms with Gasteiger partial charge in [0.2, 0.25) is 0 Å². The van der Waals surface area contributed by atoms with Crippen LogP contribution in [0.25, 0.3) is 109 Å². The predicted octanol–water partition coefficient (Wildman–Crippen LogP) is 17.8. The van der Waals surface area contributed by atoms with E-state index in [1.54, 1.807) is 0 Å². The fraction of sp³-hybridized carbons (Fsp3) is 0. The van der Waals surface area contributed by atoms with Crippen molar-refractivity contribution < 1.29 is 4.42 Å². The van der Waals surface area contributed by atoms with Gasteiger partial charge in [0.1, 0.15) is 5.58 Å². The Labute approximate surface area is 370 Å². The molecule has 0 radical (unpaired) electrons. The quantitative estimate of drug-likeness (QED) is 0.166. The highest BCUT2D eigenvalue weighted by Gasteiger charge is 2.24. The second-order valence-electron chi connectivity index (χ2n) is 16.8. The molecule has 0 saturated heterocycles. The summed E-state index contributed by atoms with van der Waals surface area (Å²) in [6.07, 6.45) is 0. The van der Waals surface area contributed by atoms with Crippen molar-refractivity contribution in [2.24, 2.45) is 0 Å². The summed E-state index contributed by atoms with van der Waals surface area (Å²) < 4.78 is 6.92. The fourth-order valence-electron chi connectivity index (χ4n) is 10.1. The summed E-state index contributed by atoms with van der Waals surface area (Å²) in [5.41, 5.74) is 12.1. The van der Waals surface area contributed by atoms with Gasteiger partial charge in [0.15, 0.2) is 5.58 Å². The first-order valence-corrected chi connectivity index (χ1v) is 22.0. The van der Waals surface area contributed by atoms with Gasteiger partial charge in [-0.15, -0.1) is 0 Å². The second-order valence-corrected chi connectivity index (χ2v) is 16.8. The lowest BCUT2D eigenvalue weighted by atomic mass is 9.92. The zero-order chi connectivity index (χ0) is 42.1. The Bertz CT molecular complexity index is 3960. The van der Waals surface area contributed by atoms with Crippen LogP contribution in [0.4, 0.5) is 17.1 Å². The summed E-state index contributed by atoms with van der Waals surface area (Å²) in [6, 6.07) is 86.1. The summed E-state index contributed by atoms with van der Waals surface area (Å²) >= 11 is 0. The number of hydrogen-bond acceptors (Lipinski definition) is 2. The van der Waals surface area contributed by atoms with Crippen LogP contribution in [-0.4, -0.2) is 0 Å². The van der Waals surface area contributed by atoms with Gasteiger partial charge in [0.25, 0.3) is 0 Å². The average molecular weight is 814 g/mol. The first kappa shape index (κ1) is 36.2. The molecule has 12 aromatic carbocycles. The molecule has 1 aromatic heterocycles. The molecule has 13 rings (SSSR count). The van der Waals surface area contributed by atoms with Gasteiger partial charge in [-0.05, 0) is 130 Å². The third kappa shape index (κ3) is 5.88. The summed E-state index contributed by atoms with van der Waals surface area (Å²) in [7, 11) is 0. The van der Waals surface area contributed by atoms with Crippen LogP contribution in [0.3, 0.4) is 0 Å². The van der Waals surface area contributed by atoms with Crippen molar-refractivity contribution >= 4 is 92.9 Å². The lowest BCUT2D eigenvalue weighted by Gasteiger charge is -2.28. The zero-order valence-corrected chi connectivity index (χ0v) is 34.9. The van der Waals surface area contributed by atoms with E-state index >= 15 is 0 Å². The number of furan rings is 1. The molecule has 0 fully saturated rings. The van der Waals surface area contributed by atoms with Crippen LogP contribution in [0.1, 0.15) is 0 Å². The van der Waals surface area contributed by atoms with Gasteiger partial charge in [0, 0.05) is 21.8 Å². The maximum atomic E-state index is 6.92. The van der Waals surface area contributed by atoms with Crippen LogP contribution in [-0.2, 0) is 0 Å². The third-order valence-electron chi connectivity index (χ3n) is 13.2. The second kappa shape index (κ2) is 14.6. The Kier molecular flexibility index (Phi) is 8.25. The minimum Gasteiger partial charge on any atom is -0.454 e. The van der Waals surface area contributed by atoms with Crippen molar-refractivity contribution in [3.63, 3.8) is 0 Å². The molecule has 0 N–H and O–H groups in total. The third-order valence-corrected chi connectivity index (χ3v) is 13.2. The molecular weight excluding hydrogens is 775 g/mol. The lowest BCUT2D eigenvalue weighted by molar-refractivity contribution is 0.669. The summed E-state index contributed by atoms with van der Waals surface area (Å²) in [6.45, 7) is 0. The van der Waals surface area contributed by atoms with E-state index in [9.17, 15) is 0 Å². The van der Waals surface area contributed by atoms with Gasteiger partial charge in [-0.2, -0.15) is 0 Å². The van der Waals surface area contributed by atoms with Gasteiger partial charge in [0.05, 0.1) is 11.4 Å². The Morgan fingerprint density at radius 2 is 0.797 bits per heavy atom. The molecule has 64 heavy (non-hydrogen) atoms. The molecule has 0 amide bonds. The highest BCUT2D eigenvalue weighted by molar-refractivity contribution is 6.23. The summed E-state index contributed by atoms with van der Waals surface area (Å²) in [4.78, 5) is 2.41. The van der Waals surface area contributed by atoms with Crippen LogP contribution in [0.15, 0.2) is 241 Å². The molecule has 0 aliphatic carbocycles. The number of anilines is 3. The molecule has 298 valence electrons. The molecule has 0 bridgehead atoms. The maximum absolute atomic E-state index is 6.92. The number of benzene rings is 12. The number of nitrogens with zero attached hydrogens (tertiary/aromatic N) is 1. The summed E-state index contributed by atoms with van der Waals surface area (Å²) in [5.74, 6) is 0. The molecule has 0 atom stereocenters. The first-order valence-electron chi connectivity index (χ1n) is 22.0. The van der Waals surface area contributed by atoms with Crippen molar-refractivity contribution in [2.75, 3.05) is 4.90 Å². The number of para-hydroxylation sites is 1. The fourth-order valence-corrected chi connectivity index (χ4v) is 10.1. The first-order chi connectivity index (χ1) is 31.7. The van der Waals surface area contributed by atoms with Gasteiger partial charge >= 0.3 is 0 Å². The smallest absolute Gasteiger partial charge is 0.160 e. The van der Waals surface area contributed by atoms with Crippen molar-refractivity contribution in [3.8, 4) is 33.4 Å². The normalized spacial score (nSPS) is 11.8. The topological polar surface area (TPSA) is 16.4 Å². The molecule has 2 heteroatoms. The average Bonchev–Trinajstić information content (AvgIpc) is 3.76. The van der Waals surface area contributed by atoms with Crippen LogP contribution >= 0.6 is 0 Å². The van der Waals surface area contributed by atoms with Crippen molar-refractivity contribution in [1.29, 1.82) is 0 Å². The van der Waals surface area contributed by atoms with Crippen molar-refractivity contribution in [2.45, 2.75) is 0 Å². The molecule has 2 nitrogen and oxygen atoms in total. The number of rotatable bonds is 6. The Hall–Kier alpha value is -8.46. The van der Waals surface area contributed by atoms with E-state index in [2.05, 4.69) is 241 Å². The minimum atomic E-state index is 0.865. The van der Waals surface area contributed by atoms with Gasteiger partial charge in [-0.25, -0.2) is 0 Å². The largest absolute Gasteiger partial charge is 0.454 e. The van der Waals surface area contributed by atoms with E-state index in [1.807, 2.05) is 0 Å². The Balaban J connectivity index is 0.972. The minimum absolute atomic E-state index is 0.865. The van der Waals surface area contributed by atoms with Gasteiger partial charge in [-0.3, -0.25) is 0 Å². The van der Waals surface area contributed by atoms with E-state index in [0.29, 0.717) is 0 Å². The molecule has 1 heterocycles. The number of fused-ring (bicyclic) bond motifs is 9. The molecular formula is C62H39NO. The molecule has 13 aromatic rings.